The molecule has 7 heteroatoms. The molecule has 138 valence electrons. The number of para-hydroxylation sites is 1. The predicted molar refractivity (Wildman–Crippen MR) is 100 cm³/mol. The number of carbonyl (C=O) groups excluding carboxylic acids is 1. The van der Waals surface area contributed by atoms with Crippen LogP contribution < -0.4 is 11.1 Å². The number of benzene rings is 1. The molecule has 0 aliphatic carbocycles. The first-order valence-electron chi connectivity index (χ1n) is 9.17. The highest BCUT2D eigenvalue weighted by atomic mass is 16.3. The molecule has 0 radical (unpaired) electrons. The third kappa shape index (κ3) is 2.77. The smallest absolute Gasteiger partial charge is 0.256 e. The van der Waals surface area contributed by atoms with Crippen molar-refractivity contribution in [2.75, 3.05) is 37.3 Å². The molecule has 1 atom stereocenters. The maximum Gasteiger partial charge on any atom is 0.256 e. The van der Waals surface area contributed by atoms with Gasteiger partial charge in [-0.05, 0) is 30.9 Å². The maximum atomic E-state index is 13.3. The van der Waals surface area contributed by atoms with Gasteiger partial charge in [0.05, 0.1) is 18.2 Å². The van der Waals surface area contributed by atoms with Gasteiger partial charge in [0.15, 0.2) is 0 Å². The third-order valence-corrected chi connectivity index (χ3v) is 5.50. The molecule has 4 rings (SSSR count). The Bertz CT molecular complexity index is 845. The van der Waals surface area contributed by atoms with Gasteiger partial charge >= 0.3 is 0 Å². The van der Waals surface area contributed by atoms with E-state index in [1.165, 1.54) is 4.68 Å². The normalized spacial score (nSPS) is 19.5. The molecular formula is C19H25N5O2. The monoisotopic (exact) mass is 355 g/mol. The first-order valence-corrected chi connectivity index (χ1v) is 9.17. The SMILES string of the molecule is Cc1cccc2c1NCC[C@@H]2C(=O)n1nc2c(c1N)CCN(CCO)C2. The quantitative estimate of drug-likeness (QED) is 0.769. The highest BCUT2D eigenvalue weighted by Gasteiger charge is 2.32. The van der Waals surface area contributed by atoms with E-state index in [9.17, 15) is 4.79 Å². The molecule has 0 spiro atoms. The van der Waals surface area contributed by atoms with E-state index in [4.69, 9.17) is 10.8 Å². The largest absolute Gasteiger partial charge is 0.395 e. The number of fused-ring (bicyclic) bond motifs is 2. The summed E-state index contributed by atoms with van der Waals surface area (Å²) in [5.41, 5.74) is 11.4. The second kappa shape index (κ2) is 6.74. The van der Waals surface area contributed by atoms with Crippen LogP contribution in [0.3, 0.4) is 0 Å². The highest BCUT2D eigenvalue weighted by molar-refractivity contribution is 5.90. The summed E-state index contributed by atoms with van der Waals surface area (Å²) in [5, 5.41) is 17.1. The number of aryl methyl sites for hydroxylation is 1. The van der Waals surface area contributed by atoms with Crippen molar-refractivity contribution in [2.24, 2.45) is 0 Å². The topological polar surface area (TPSA) is 96.4 Å². The molecular weight excluding hydrogens is 330 g/mol. The lowest BCUT2D eigenvalue weighted by Crippen LogP contribution is -2.32. The molecule has 0 amide bonds. The van der Waals surface area contributed by atoms with E-state index in [1.807, 2.05) is 12.1 Å². The summed E-state index contributed by atoms with van der Waals surface area (Å²) >= 11 is 0. The first kappa shape index (κ1) is 17.1. The average Bonchev–Trinajstić information content (AvgIpc) is 2.97. The number of aliphatic hydroxyl groups excluding tert-OH is 1. The first-order chi connectivity index (χ1) is 12.6. The lowest BCUT2D eigenvalue weighted by molar-refractivity contribution is 0.0858. The van der Waals surface area contributed by atoms with Gasteiger partial charge in [0.2, 0.25) is 0 Å². The summed E-state index contributed by atoms with van der Waals surface area (Å²) in [7, 11) is 0. The molecule has 4 N–H and O–H groups in total. The van der Waals surface area contributed by atoms with Crippen molar-refractivity contribution in [1.82, 2.24) is 14.7 Å². The zero-order valence-corrected chi connectivity index (χ0v) is 15.0. The van der Waals surface area contributed by atoms with E-state index in [2.05, 4.69) is 28.3 Å². The number of nitrogens with zero attached hydrogens (tertiary/aromatic N) is 3. The number of carbonyl (C=O) groups is 1. The summed E-state index contributed by atoms with van der Waals surface area (Å²) in [6.45, 7) is 5.00. The molecule has 1 aromatic heterocycles. The Hall–Kier alpha value is -2.38. The number of aromatic nitrogens is 2. The number of nitrogens with one attached hydrogen (secondary N) is 1. The van der Waals surface area contributed by atoms with Crippen LogP contribution in [0.25, 0.3) is 0 Å². The van der Waals surface area contributed by atoms with E-state index in [0.29, 0.717) is 18.9 Å². The number of β-amino-alcohol motifs (C(OH)–C–C–N with tert-alkyl or cyclic N) is 1. The molecule has 2 aromatic rings. The molecule has 0 bridgehead atoms. The van der Waals surface area contributed by atoms with Gasteiger partial charge in [0.1, 0.15) is 5.82 Å². The Labute approximate surface area is 152 Å². The minimum Gasteiger partial charge on any atom is -0.395 e. The molecule has 1 aromatic carbocycles. The Morgan fingerprint density at radius 1 is 1.46 bits per heavy atom. The van der Waals surface area contributed by atoms with Gasteiger partial charge < -0.3 is 16.2 Å². The number of nitrogen functional groups attached to an aromatic ring is 1. The minimum atomic E-state index is -0.233. The third-order valence-electron chi connectivity index (χ3n) is 5.50. The lowest BCUT2D eigenvalue weighted by Gasteiger charge is -2.27. The van der Waals surface area contributed by atoms with Crippen molar-refractivity contribution < 1.29 is 9.90 Å². The molecule has 0 fully saturated rings. The second-order valence-corrected chi connectivity index (χ2v) is 7.12. The molecule has 2 aliphatic rings. The Morgan fingerprint density at radius 2 is 2.31 bits per heavy atom. The molecule has 3 heterocycles. The second-order valence-electron chi connectivity index (χ2n) is 7.12. The highest BCUT2D eigenvalue weighted by Crippen LogP contribution is 2.36. The summed E-state index contributed by atoms with van der Waals surface area (Å²) in [5.74, 6) is 0.184. The standard InChI is InChI=1S/C19H25N5O2/c1-12-3-2-4-13-14(5-7-21-17(12)13)19(26)24-18(20)15-6-8-23(9-10-25)11-16(15)22-24/h2-4,14,21,25H,5-11,20H2,1H3/t14-/m0/s1. The number of hydrogen-bond acceptors (Lipinski definition) is 6. The fourth-order valence-corrected chi connectivity index (χ4v) is 4.09. The summed E-state index contributed by atoms with van der Waals surface area (Å²) < 4.78 is 1.41. The van der Waals surface area contributed by atoms with Crippen LogP contribution in [0, 0.1) is 6.92 Å². The van der Waals surface area contributed by atoms with Crippen molar-refractivity contribution in [2.45, 2.75) is 32.2 Å². The fraction of sp³-hybridized carbons (Fsp3) is 0.474. The van der Waals surface area contributed by atoms with Gasteiger partial charge in [-0.25, -0.2) is 0 Å². The van der Waals surface area contributed by atoms with Gasteiger partial charge in [0, 0.05) is 37.4 Å². The van der Waals surface area contributed by atoms with Crippen LogP contribution >= 0.6 is 0 Å². The van der Waals surface area contributed by atoms with E-state index in [-0.39, 0.29) is 18.4 Å². The van der Waals surface area contributed by atoms with Crippen LogP contribution in [0.1, 0.15) is 39.5 Å². The van der Waals surface area contributed by atoms with Crippen LogP contribution in [0.4, 0.5) is 11.5 Å². The van der Waals surface area contributed by atoms with Gasteiger partial charge in [-0.15, -0.1) is 0 Å². The molecule has 0 saturated carbocycles. The lowest BCUT2D eigenvalue weighted by atomic mass is 9.88. The number of anilines is 2. The Balaban J connectivity index is 1.66. The van der Waals surface area contributed by atoms with Crippen LogP contribution in [-0.4, -0.2) is 51.9 Å². The minimum absolute atomic E-state index is 0.0565. The van der Waals surface area contributed by atoms with Crippen molar-refractivity contribution in [3.63, 3.8) is 0 Å². The fourth-order valence-electron chi connectivity index (χ4n) is 4.09. The number of rotatable bonds is 3. The average molecular weight is 355 g/mol. The van der Waals surface area contributed by atoms with E-state index in [1.54, 1.807) is 0 Å². The van der Waals surface area contributed by atoms with Crippen molar-refractivity contribution >= 4 is 17.4 Å². The van der Waals surface area contributed by atoms with Crippen molar-refractivity contribution in [3.05, 3.63) is 40.6 Å². The van der Waals surface area contributed by atoms with Gasteiger partial charge in [0.25, 0.3) is 5.91 Å². The number of aliphatic hydroxyl groups is 1. The van der Waals surface area contributed by atoms with Crippen LogP contribution in [-0.2, 0) is 13.0 Å². The van der Waals surface area contributed by atoms with Gasteiger partial charge in [-0.2, -0.15) is 9.78 Å². The maximum absolute atomic E-state index is 13.3. The van der Waals surface area contributed by atoms with E-state index in [0.717, 1.165) is 54.0 Å². The van der Waals surface area contributed by atoms with Gasteiger partial charge in [-0.1, -0.05) is 18.2 Å². The Morgan fingerprint density at radius 3 is 3.12 bits per heavy atom. The van der Waals surface area contributed by atoms with Crippen LogP contribution in [0.15, 0.2) is 18.2 Å². The Kier molecular flexibility index (Phi) is 4.42. The van der Waals surface area contributed by atoms with Gasteiger partial charge in [-0.3, -0.25) is 9.69 Å². The zero-order valence-electron chi connectivity index (χ0n) is 15.0. The molecule has 0 unspecified atom stereocenters. The van der Waals surface area contributed by atoms with Crippen molar-refractivity contribution in [1.29, 1.82) is 0 Å². The van der Waals surface area contributed by atoms with Crippen LogP contribution in [0.5, 0.6) is 0 Å². The molecule has 0 saturated heterocycles. The van der Waals surface area contributed by atoms with Crippen LogP contribution in [0.2, 0.25) is 0 Å². The molecule has 26 heavy (non-hydrogen) atoms. The van der Waals surface area contributed by atoms with E-state index < -0.39 is 0 Å². The summed E-state index contributed by atoms with van der Waals surface area (Å²) in [6, 6.07) is 6.06. The molecule has 2 aliphatic heterocycles. The summed E-state index contributed by atoms with van der Waals surface area (Å²) in [6.07, 6.45) is 1.49. The number of hydrogen-bond donors (Lipinski definition) is 3. The van der Waals surface area contributed by atoms with E-state index >= 15 is 0 Å². The van der Waals surface area contributed by atoms with Crippen molar-refractivity contribution in [3.8, 4) is 0 Å². The zero-order chi connectivity index (χ0) is 18.3. The number of nitrogens with two attached hydrogens (primary N) is 1. The predicted octanol–water partition coefficient (Wildman–Crippen LogP) is 1.36. The molecule has 7 nitrogen and oxygen atoms in total. The summed E-state index contributed by atoms with van der Waals surface area (Å²) in [4.78, 5) is 15.4.